The molecule has 0 saturated carbocycles. The first kappa shape index (κ1) is 15.7. The molecule has 106 valence electrons. The molecule has 0 spiro atoms. The van der Waals surface area contributed by atoms with Crippen LogP contribution in [0.25, 0.3) is 0 Å². The summed E-state index contributed by atoms with van der Waals surface area (Å²) in [5.41, 5.74) is 0.739. The van der Waals surface area contributed by atoms with Crippen LogP contribution in [-0.4, -0.2) is 42.2 Å². The first-order chi connectivity index (χ1) is 9.17. The molecule has 1 unspecified atom stereocenters. The predicted octanol–water partition coefficient (Wildman–Crippen LogP) is 2.00. The van der Waals surface area contributed by atoms with Gasteiger partial charge in [-0.2, -0.15) is 0 Å². The number of benzene rings is 1. The fraction of sp³-hybridized carbons (Fsp3) is 0.533. The lowest BCUT2D eigenvalue weighted by Gasteiger charge is -2.18. The minimum absolute atomic E-state index is 0.00225. The van der Waals surface area contributed by atoms with E-state index >= 15 is 0 Å². The Morgan fingerprint density at radius 3 is 2.47 bits per heavy atom. The standard InChI is InChI=1S/C15H23NO3/c1-3-16(4-2)10-11-19-15(18)12-14(17)13-8-6-5-7-9-13/h5-9,14,17H,3-4,10-12H2,1-2H3. The fourth-order valence-electron chi connectivity index (χ4n) is 1.84. The lowest BCUT2D eigenvalue weighted by molar-refractivity contribution is -0.146. The number of rotatable bonds is 8. The number of hydrogen-bond acceptors (Lipinski definition) is 4. The van der Waals surface area contributed by atoms with Gasteiger partial charge in [0.1, 0.15) is 6.61 Å². The molecule has 0 aromatic heterocycles. The number of carbonyl (C=O) groups is 1. The first-order valence-electron chi connectivity index (χ1n) is 6.78. The lowest BCUT2D eigenvalue weighted by atomic mass is 10.1. The molecule has 0 aliphatic heterocycles. The van der Waals surface area contributed by atoms with Crippen LogP contribution in [0.1, 0.15) is 31.9 Å². The molecular formula is C15H23NO3. The van der Waals surface area contributed by atoms with Crippen molar-refractivity contribution in [1.29, 1.82) is 0 Å². The van der Waals surface area contributed by atoms with E-state index in [1.165, 1.54) is 0 Å². The average Bonchev–Trinajstić information content (AvgIpc) is 2.44. The monoisotopic (exact) mass is 265 g/mol. The molecule has 0 saturated heterocycles. The van der Waals surface area contributed by atoms with Crippen molar-refractivity contribution >= 4 is 5.97 Å². The van der Waals surface area contributed by atoms with Crippen LogP contribution in [0.15, 0.2) is 30.3 Å². The Labute approximate surface area is 115 Å². The summed E-state index contributed by atoms with van der Waals surface area (Å²) in [5.74, 6) is -0.358. The highest BCUT2D eigenvalue weighted by molar-refractivity contribution is 5.70. The predicted molar refractivity (Wildman–Crippen MR) is 74.8 cm³/mol. The second-order valence-electron chi connectivity index (χ2n) is 4.38. The fourth-order valence-corrected chi connectivity index (χ4v) is 1.84. The molecule has 0 aliphatic carbocycles. The molecule has 0 amide bonds. The van der Waals surface area contributed by atoms with E-state index in [9.17, 15) is 9.90 Å². The zero-order chi connectivity index (χ0) is 14.1. The molecular weight excluding hydrogens is 242 g/mol. The Bertz CT molecular complexity index is 363. The lowest BCUT2D eigenvalue weighted by Crippen LogP contribution is -2.28. The summed E-state index contributed by atoms with van der Waals surface area (Å²) < 4.78 is 5.13. The molecule has 0 fully saturated rings. The Morgan fingerprint density at radius 1 is 1.26 bits per heavy atom. The molecule has 0 heterocycles. The van der Waals surface area contributed by atoms with E-state index in [0.29, 0.717) is 6.61 Å². The number of esters is 1. The smallest absolute Gasteiger partial charge is 0.308 e. The van der Waals surface area contributed by atoms with Crippen molar-refractivity contribution < 1.29 is 14.6 Å². The van der Waals surface area contributed by atoms with Crippen molar-refractivity contribution in [2.75, 3.05) is 26.2 Å². The summed E-state index contributed by atoms with van der Waals surface area (Å²) in [6.45, 7) is 7.15. The third-order valence-corrected chi connectivity index (χ3v) is 3.11. The van der Waals surface area contributed by atoms with Gasteiger partial charge in [0.2, 0.25) is 0 Å². The van der Waals surface area contributed by atoms with Gasteiger partial charge in [0, 0.05) is 6.54 Å². The summed E-state index contributed by atoms with van der Waals surface area (Å²) in [6.07, 6.45) is -0.787. The molecule has 1 rings (SSSR count). The van der Waals surface area contributed by atoms with E-state index in [2.05, 4.69) is 18.7 Å². The van der Waals surface area contributed by atoms with Crippen molar-refractivity contribution in [1.82, 2.24) is 4.90 Å². The zero-order valence-electron chi connectivity index (χ0n) is 11.7. The van der Waals surface area contributed by atoms with Crippen LogP contribution in [0.3, 0.4) is 0 Å². The molecule has 1 N–H and O–H groups in total. The van der Waals surface area contributed by atoms with Crippen molar-refractivity contribution in [3.05, 3.63) is 35.9 Å². The van der Waals surface area contributed by atoms with Gasteiger partial charge in [-0.3, -0.25) is 4.79 Å². The highest BCUT2D eigenvalue weighted by atomic mass is 16.5. The second-order valence-corrected chi connectivity index (χ2v) is 4.38. The molecule has 4 nitrogen and oxygen atoms in total. The van der Waals surface area contributed by atoms with Gasteiger partial charge in [0.05, 0.1) is 12.5 Å². The van der Waals surface area contributed by atoms with Gasteiger partial charge < -0.3 is 14.7 Å². The maximum Gasteiger partial charge on any atom is 0.308 e. The van der Waals surface area contributed by atoms with E-state index < -0.39 is 6.10 Å². The number of nitrogens with zero attached hydrogens (tertiary/aromatic N) is 1. The Balaban J connectivity index is 2.28. The Kier molecular flexibility index (Phi) is 7.15. The molecule has 0 aliphatic rings. The number of hydrogen-bond donors (Lipinski definition) is 1. The van der Waals surface area contributed by atoms with E-state index in [0.717, 1.165) is 25.2 Å². The van der Waals surface area contributed by atoms with Gasteiger partial charge in [-0.05, 0) is 18.7 Å². The molecule has 4 heteroatoms. The molecule has 1 aromatic carbocycles. The molecule has 1 aromatic rings. The second kappa shape index (κ2) is 8.67. The molecule has 19 heavy (non-hydrogen) atoms. The number of aliphatic hydroxyl groups excluding tert-OH is 1. The highest BCUT2D eigenvalue weighted by Crippen LogP contribution is 2.16. The summed E-state index contributed by atoms with van der Waals surface area (Å²) >= 11 is 0. The summed E-state index contributed by atoms with van der Waals surface area (Å²) in [4.78, 5) is 13.8. The number of carbonyl (C=O) groups excluding carboxylic acids is 1. The topological polar surface area (TPSA) is 49.8 Å². The summed E-state index contributed by atoms with van der Waals surface area (Å²) in [5, 5.41) is 9.88. The largest absolute Gasteiger partial charge is 0.464 e. The number of ether oxygens (including phenoxy) is 1. The Morgan fingerprint density at radius 2 is 1.89 bits per heavy atom. The quantitative estimate of drug-likeness (QED) is 0.730. The van der Waals surface area contributed by atoms with Crippen molar-refractivity contribution in [3.8, 4) is 0 Å². The molecule has 0 radical (unpaired) electrons. The van der Waals surface area contributed by atoms with Gasteiger partial charge >= 0.3 is 5.97 Å². The van der Waals surface area contributed by atoms with Crippen LogP contribution in [0.4, 0.5) is 0 Å². The SMILES string of the molecule is CCN(CC)CCOC(=O)CC(O)c1ccccc1. The van der Waals surface area contributed by atoms with Gasteiger partial charge in [-0.15, -0.1) is 0 Å². The minimum atomic E-state index is -0.790. The maximum absolute atomic E-state index is 11.6. The van der Waals surface area contributed by atoms with Gasteiger partial charge in [0.25, 0.3) is 0 Å². The van der Waals surface area contributed by atoms with Crippen LogP contribution < -0.4 is 0 Å². The summed E-state index contributed by atoms with van der Waals surface area (Å²) in [6, 6.07) is 9.15. The van der Waals surface area contributed by atoms with E-state index in [1.807, 2.05) is 18.2 Å². The third kappa shape index (κ3) is 5.85. The van der Waals surface area contributed by atoms with Crippen molar-refractivity contribution in [3.63, 3.8) is 0 Å². The Hall–Kier alpha value is -1.39. The van der Waals surface area contributed by atoms with E-state index in [4.69, 9.17) is 4.74 Å². The molecule has 0 bridgehead atoms. The third-order valence-electron chi connectivity index (χ3n) is 3.11. The average molecular weight is 265 g/mol. The van der Waals surface area contributed by atoms with Crippen LogP contribution in [0.2, 0.25) is 0 Å². The van der Waals surface area contributed by atoms with Crippen LogP contribution in [-0.2, 0) is 9.53 Å². The zero-order valence-corrected chi connectivity index (χ0v) is 11.7. The van der Waals surface area contributed by atoms with E-state index in [-0.39, 0.29) is 12.4 Å². The highest BCUT2D eigenvalue weighted by Gasteiger charge is 2.13. The van der Waals surface area contributed by atoms with Crippen LogP contribution in [0, 0.1) is 0 Å². The normalized spacial score (nSPS) is 12.4. The van der Waals surface area contributed by atoms with Crippen LogP contribution >= 0.6 is 0 Å². The van der Waals surface area contributed by atoms with Gasteiger partial charge in [-0.25, -0.2) is 0 Å². The van der Waals surface area contributed by atoms with Gasteiger partial charge in [0.15, 0.2) is 0 Å². The number of likely N-dealkylation sites (N-methyl/N-ethyl adjacent to an activating group) is 1. The maximum atomic E-state index is 11.6. The first-order valence-corrected chi connectivity index (χ1v) is 6.78. The van der Waals surface area contributed by atoms with E-state index in [1.54, 1.807) is 12.1 Å². The van der Waals surface area contributed by atoms with Gasteiger partial charge in [-0.1, -0.05) is 44.2 Å². The summed E-state index contributed by atoms with van der Waals surface area (Å²) in [7, 11) is 0. The minimum Gasteiger partial charge on any atom is -0.464 e. The van der Waals surface area contributed by atoms with Crippen molar-refractivity contribution in [2.24, 2.45) is 0 Å². The number of aliphatic hydroxyl groups is 1. The van der Waals surface area contributed by atoms with Crippen molar-refractivity contribution in [2.45, 2.75) is 26.4 Å². The molecule has 1 atom stereocenters. The van der Waals surface area contributed by atoms with Crippen LogP contribution in [0.5, 0.6) is 0 Å².